The van der Waals surface area contributed by atoms with Gasteiger partial charge in [0.2, 0.25) is 17.7 Å². The third kappa shape index (κ3) is 9.30. The molecule has 1 heterocycles. The van der Waals surface area contributed by atoms with E-state index < -0.39 is 53.8 Å². The van der Waals surface area contributed by atoms with Gasteiger partial charge in [-0.25, -0.2) is 4.79 Å². The molecule has 1 aromatic rings. The molecule has 38 heavy (non-hydrogen) atoms. The van der Waals surface area contributed by atoms with Crippen molar-refractivity contribution in [3.05, 3.63) is 29.8 Å². The van der Waals surface area contributed by atoms with Gasteiger partial charge in [0.15, 0.2) is 0 Å². The van der Waals surface area contributed by atoms with Crippen molar-refractivity contribution in [3.8, 4) is 5.75 Å². The molecule has 1 aliphatic rings. The van der Waals surface area contributed by atoms with Crippen LogP contribution in [0.4, 0.5) is 0 Å². The number of phenols is 1. The Balaban J connectivity index is 2.10. The Morgan fingerprint density at radius 2 is 1.68 bits per heavy atom. The Bertz CT molecular complexity index is 986. The van der Waals surface area contributed by atoms with E-state index in [2.05, 4.69) is 10.6 Å². The zero-order valence-electron chi connectivity index (χ0n) is 21.2. The Kier molecular flexibility index (Phi) is 12.0. The molecule has 1 fully saturated rings. The Labute approximate surface area is 220 Å². The molecule has 4 atom stereocenters. The number of nitrogens with zero attached hydrogens (tertiary/aromatic N) is 1. The van der Waals surface area contributed by atoms with Gasteiger partial charge in [-0.1, -0.05) is 12.1 Å². The van der Waals surface area contributed by atoms with Gasteiger partial charge in [0, 0.05) is 19.4 Å². The number of likely N-dealkylation sites (tertiary alicyclic amines) is 1. The fourth-order valence-electron chi connectivity index (χ4n) is 4.28. The third-order valence-electron chi connectivity index (χ3n) is 6.40. The second kappa shape index (κ2) is 14.9. The molecule has 13 nitrogen and oxygen atoms in total. The molecule has 0 aliphatic carbocycles. The van der Waals surface area contributed by atoms with E-state index in [0.717, 1.165) is 0 Å². The molecule has 0 bridgehead atoms. The smallest absolute Gasteiger partial charge is 0.326 e. The number of unbranched alkanes of at least 4 members (excludes halogenated alkanes) is 1. The van der Waals surface area contributed by atoms with Crippen LogP contribution in [-0.4, -0.2) is 87.1 Å². The molecule has 4 unspecified atom stereocenters. The summed E-state index contributed by atoms with van der Waals surface area (Å²) in [5.41, 5.74) is 11.9. The minimum atomic E-state index is -1.25. The van der Waals surface area contributed by atoms with E-state index in [9.17, 15) is 34.2 Å². The summed E-state index contributed by atoms with van der Waals surface area (Å²) in [6.45, 7) is 0.639. The van der Waals surface area contributed by atoms with Crippen LogP contribution in [0, 0.1) is 0 Å². The number of aromatic hydroxyl groups is 1. The minimum Gasteiger partial charge on any atom is -0.508 e. The maximum atomic E-state index is 13.4. The van der Waals surface area contributed by atoms with E-state index in [-0.39, 0.29) is 38.0 Å². The van der Waals surface area contributed by atoms with Crippen molar-refractivity contribution in [2.75, 3.05) is 13.1 Å². The predicted molar refractivity (Wildman–Crippen MR) is 136 cm³/mol. The van der Waals surface area contributed by atoms with E-state index in [1.54, 1.807) is 12.1 Å². The highest BCUT2D eigenvalue weighted by Crippen LogP contribution is 2.21. The van der Waals surface area contributed by atoms with Crippen LogP contribution in [0.15, 0.2) is 24.3 Å². The van der Waals surface area contributed by atoms with E-state index in [4.69, 9.17) is 16.6 Å². The molecule has 0 radical (unpaired) electrons. The number of aliphatic carboxylic acids is 2. The van der Waals surface area contributed by atoms with Crippen LogP contribution in [0.2, 0.25) is 0 Å². The first-order valence-electron chi connectivity index (χ1n) is 12.6. The van der Waals surface area contributed by atoms with Crippen LogP contribution in [0.25, 0.3) is 0 Å². The predicted octanol–water partition coefficient (Wildman–Crippen LogP) is -0.699. The summed E-state index contributed by atoms with van der Waals surface area (Å²) in [6, 6.07) is 1.66. The molecule has 0 saturated carbocycles. The van der Waals surface area contributed by atoms with Crippen LogP contribution in [0.5, 0.6) is 5.75 Å². The fraction of sp³-hybridized carbons (Fsp3) is 0.560. The number of hydrogen-bond acceptors (Lipinski definition) is 8. The van der Waals surface area contributed by atoms with Gasteiger partial charge in [-0.05, 0) is 62.8 Å². The summed E-state index contributed by atoms with van der Waals surface area (Å²) in [5.74, 6) is -4.10. The monoisotopic (exact) mass is 535 g/mol. The summed E-state index contributed by atoms with van der Waals surface area (Å²) >= 11 is 0. The summed E-state index contributed by atoms with van der Waals surface area (Å²) in [6.07, 6.45) is 1.79. The minimum absolute atomic E-state index is 0.0198. The normalized spacial score (nSPS) is 17.3. The van der Waals surface area contributed by atoms with Crippen molar-refractivity contribution in [3.63, 3.8) is 0 Å². The zero-order chi connectivity index (χ0) is 28.2. The van der Waals surface area contributed by atoms with E-state index in [1.807, 2.05) is 0 Å². The maximum Gasteiger partial charge on any atom is 0.326 e. The molecule has 1 saturated heterocycles. The standard InChI is InChI=1S/C25H37N5O8/c26-12-2-1-4-18(28-22(34)17(27)10-11-21(32)33)24(36)30-13-3-5-20(30)23(35)29-19(25(37)38)14-15-6-8-16(31)9-7-15/h6-9,17-20,31H,1-5,10-14,26-27H2,(H,28,34)(H,29,35)(H,32,33)(H,37,38). The second-order valence-corrected chi connectivity index (χ2v) is 9.34. The Morgan fingerprint density at radius 1 is 1.00 bits per heavy atom. The van der Waals surface area contributed by atoms with E-state index >= 15 is 0 Å². The molecular formula is C25H37N5O8. The first kappa shape index (κ1) is 30.5. The number of nitrogens with one attached hydrogen (secondary N) is 2. The number of carbonyl (C=O) groups is 5. The summed E-state index contributed by atoms with van der Waals surface area (Å²) in [4.78, 5) is 63.1. The van der Waals surface area contributed by atoms with Crippen LogP contribution in [0.1, 0.15) is 50.5 Å². The first-order valence-corrected chi connectivity index (χ1v) is 12.6. The van der Waals surface area contributed by atoms with Gasteiger partial charge in [-0.2, -0.15) is 0 Å². The quantitative estimate of drug-likeness (QED) is 0.140. The fourth-order valence-corrected chi connectivity index (χ4v) is 4.28. The Hall–Kier alpha value is -3.71. The van der Waals surface area contributed by atoms with Gasteiger partial charge in [-0.15, -0.1) is 0 Å². The number of carboxylic acid groups (broad SMARTS) is 2. The molecule has 0 spiro atoms. The molecular weight excluding hydrogens is 498 g/mol. The number of rotatable bonds is 15. The van der Waals surface area contributed by atoms with Crippen molar-refractivity contribution in [2.24, 2.45) is 11.5 Å². The molecule has 0 aromatic heterocycles. The number of hydrogen-bond donors (Lipinski definition) is 7. The second-order valence-electron chi connectivity index (χ2n) is 9.34. The zero-order valence-corrected chi connectivity index (χ0v) is 21.2. The topological polar surface area (TPSA) is 225 Å². The van der Waals surface area contributed by atoms with Crippen molar-refractivity contribution < 1.29 is 39.3 Å². The lowest BCUT2D eigenvalue weighted by Crippen LogP contribution is -2.57. The summed E-state index contributed by atoms with van der Waals surface area (Å²) < 4.78 is 0. The molecule has 9 N–H and O–H groups in total. The lowest BCUT2D eigenvalue weighted by molar-refractivity contribution is -0.145. The number of phenolic OH excluding ortho intramolecular Hbond substituents is 1. The summed E-state index contributed by atoms with van der Waals surface area (Å²) in [7, 11) is 0. The van der Waals surface area contributed by atoms with Crippen LogP contribution >= 0.6 is 0 Å². The highest BCUT2D eigenvalue weighted by atomic mass is 16.4. The van der Waals surface area contributed by atoms with Gasteiger partial charge < -0.3 is 42.3 Å². The Morgan fingerprint density at radius 3 is 2.29 bits per heavy atom. The van der Waals surface area contributed by atoms with E-state index in [1.165, 1.54) is 17.0 Å². The average molecular weight is 536 g/mol. The highest BCUT2D eigenvalue weighted by molar-refractivity contribution is 5.94. The molecule has 2 rings (SSSR count). The van der Waals surface area contributed by atoms with Gasteiger partial charge in [0.05, 0.1) is 6.04 Å². The highest BCUT2D eigenvalue weighted by Gasteiger charge is 2.39. The van der Waals surface area contributed by atoms with E-state index in [0.29, 0.717) is 37.8 Å². The lowest BCUT2D eigenvalue weighted by Gasteiger charge is -2.30. The van der Waals surface area contributed by atoms with Crippen LogP contribution in [0.3, 0.4) is 0 Å². The average Bonchev–Trinajstić information content (AvgIpc) is 3.37. The maximum absolute atomic E-state index is 13.4. The first-order chi connectivity index (χ1) is 18.0. The SMILES string of the molecule is NCCCCC(NC(=O)C(N)CCC(=O)O)C(=O)N1CCCC1C(=O)NC(Cc1ccc(O)cc1)C(=O)O. The number of benzene rings is 1. The van der Waals surface area contributed by atoms with Gasteiger partial charge in [0.1, 0.15) is 23.9 Å². The molecule has 210 valence electrons. The van der Waals surface area contributed by atoms with Crippen molar-refractivity contribution in [1.29, 1.82) is 0 Å². The van der Waals surface area contributed by atoms with Crippen molar-refractivity contribution >= 4 is 29.7 Å². The third-order valence-corrected chi connectivity index (χ3v) is 6.40. The molecule has 1 aliphatic heterocycles. The molecule has 3 amide bonds. The van der Waals surface area contributed by atoms with Gasteiger partial charge in [0.25, 0.3) is 0 Å². The van der Waals surface area contributed by atoms with Gasteiger partial charge >= 0.3 is 11.9 Å². The number of carboxylic acids is 2. The molecule has 1 aromatic carbocycles. The van der Waals surface area contributed by atoms with Crippen molar-refractivity contribution in [2.45, 2.75) is 75.5 Å². The van der Waals surface area contributed by atoms with Crippen LogP contribution < -0.4 is 22.1 Å². The van der Waals surface area contributed by atoms with Crippen LogP contribution in [-0.2, 0) is 30.4 Å². The molecule has 13 heteroatoms. The number of amides is 3. The number of carbonyl (C=O) groups excluding carboxylic acids is 3. The number of nitrogens with two attached hydrogens (primary N) is 2. The largest absolute Gasteiger partial charge is 0.508 e. The lowest BCUT2D eigenvalue weighted by atomic mass is 10.0. The van der Waals surface area contributed by atoms with Gasteiger partial charge in [-0.3, -0.25) is 19.2 Å². The summed E-state index contributed by atoms with van der Waals surface area (Å²) in [5, 5.41) is 33.0. The van der Waals surface area contributed by atoms with Crippen molar-refractivity contribution in [1.82, 2.24) is 15.5 Å².